The molecule has 4 rings (SSSR count). The van der Waals surface area contributed by atoms with Crippen molar-refractivity contribution in [3.8, 4) is 17.0 Å². The van der Waals surface area contributed by atoms with Crippen LogP contribution in [-0.2, 0) is 18.4 Å². The number of imidazole rings is 1. The van der Waals surface area contributed by atoms with Gasteiger partial charge in [0.2, 0.25) is 5.91 Å². The van der Waals surface area contributed by atoms with Crippen molar-refractivity contribution in [3.63, 3.8) is 0 Å². The van der Waals surface area contributed by atoms with Crippen LogP contribution in [0, 0.1) is 0 Å². The second kappa shape index (κ2) is 8.33. The largest absolute Gasteiger partial charge is 0.495 e. The molecule has 154 valence electrons. The Balaban J connectivity index is 1.44. The van der Waals surface area contributed by atoms with E-state index in [9.17, 15) is 9.59 Å². The van der Waals surface area contributed by atoms with Crippen LogP contribution in [-0.4, -0.2) is 27.1 Å². The number of benzene rings is 2. The summed E-state index contributed by atoms with van der Waals surface area (Å²) in [6, 6.07) is 12.9. The van der Waals surface area contributed by atoms with Gasteiger partial charge in [0.25, 0.3) is 0 Å². The first-order valence-electron chi connectivity index (χ1n) is 9.21. The third kappa shape index (κ3) is 3.83. The van der Waals surface area contributed by atoms with Crippen LogP contribution in [0.3, 0.4) is 0 Å². The highest BCUT2D eigenvalue weighted by Gasteiger charge is 2.13. The fourth-order valence-electron chi connectivity index (χ4n) is 3.26. The average molecular weight is 443 g/mol. The van der Waals surface area contributed by atoms with Gasteiger partial charge in [-0.05, 0) is 30.3 Å². The van der Waals surface area contributed by atoms with Gasteiger partial charge in [0, 0.05) is 31.0 Å². The lowest BCUT2D eigenvalue weighted by molar-refractivity contribution is -0.116. The Hall–Kier alpha value is -3.10. The molecule has 0 spiro atoms. The number of para-hydroxylation sites is 2. The average Bonchev–Trinajstić information content (AvgIpc) is 3.30. The molecule has 0 radical (unpaired) electrons. The highest BCUT2D eigenvalue weighted by atomic mass is 35.5. The molecule has 2 aromatic heterocycles. The van der Waals surface area contributed by atoms with Gasteiger partial charge >= 0.3 is 5.69 Å². The molecule has 0 unspecified atom stereocenters. The first-order chi connectivity index (χ1) is 14.5. The maximum absolute atomic E-state index is 12.5. The van der Waals surface area contributed by atoms with Crippen molar-refractivity contribution in [2.24, 2.45) is 7.05 Å². The van der Waals surface area contributed by atoms with Gasteiger partial charge in [0.15, 0.2) is 5.13 Å². The van der Waals surface area contributed by atoms with Crippen molar-refractivity contribution in [2.75, 3.05) is 12.4 Å². The fourth-order valence-corrected chi connectivity index (χ4v) is 4.26. The van der Waals surface area contributed by atoms with Crippen molar-refractivity contribution in [2.45, 2.75) is 13.0 Å². The zero-order chi connectivity index (χ0) is 21.3. The third-order valence-corrected chi connectivity index (χ3v) is 5.87. The number of thiazole rings is 1. The molecule has 0 aliphatic rings. The zero-order valence-corrected chi connectivity index (χ0v) is 18.0. The lowest BCUT2D eigenvalue weighted by atomic mass is 10.2. The second-order valence-corrected chi connectivity index (χ2v) is 7.93. The predicted octanol–water partition coefficient (Wildman–Crippen LogP) is 4.15. The summed E-state index contributed by atoms with van der Waals surface area (Å²) < 4.78 is 8.36. The smallest absolute Gasteiger partial charge is 0.328 e. The monoisotopic (exact) mass is 442 g/mol. The fraction of sp³-hybridized carbons (Fsp3) is 0.190. The van der Waals surface area contributed by atoms with E-state index in [2.05, 4.69) is 10.3 Å². The zero-order valence-electron chi connectivity index (χ0n) is 16.4. The van der Waals surface area contributed by atoms with E-state index in [4.69, 9.17) is 16.3 Å². The molecule has 0 saturated heterocycles. The molecular weight excluding hydrogens is 424 g/mol. The summed E-state index contributed by atoms with van der Waals surface area (Å²) in [5.41, 5.74) is 3.05. The van der Waals surface area contributed by atoms with Crippen LogP contribution < -0.4 is 15.7 Å². The van der Waals surface area contributed by atoms with Crippen LogP contribution in [0.2, 0.25) is 5.02 Å². The van der Waals surface area contributed by atoms with E-state index in [1.54, 1.807) is 35.4 Å². The van der Waals surface area contributed by atoms with Crippen molar-refractivity contribution in [3.05, 3.63) is 63.4 Å². The summed E-state index contributed by atoms with van der Waals surface area (Å²) >= 11 is 7.51. The minimum absolute atomic E-state index is 0.142. The molecule has 9 heteroatoms. The predicted molar refractivity (Wildman–Crippen MR) is 120 cm³/mol. The van der Waals surface area contributed by atoms with E-state index in [1.807, 2.05) is 35.7 Å². The molecule has 0 atom stereocenters. The standard InChI is InChI=1S/C21H19ClN4O3S/c1-25-16-5-3-4-6-17(16)26(21(25)28)10-9-19(27)24-20-23-15(12-30-20)13-7-8-18(29-2)14(22)11-13/h3-8,11-12H,9-10H2,1-2H3,(H,23,24,27). The summed E-state index contributed by atoms with van der Waals surface area (Å²) in [6.45, 7) is 0.290. The van der Waals surface area contributed by atoms with Crippen LogP contribution in [0.4, 0.5) is 5.13 Å². The van der Waals surface area contributed by atoms with Crippen molar-refractivity contribution in [1.82, 2.24) is 14.1 Å². The maximum atomic E-state index is 12.5. The molecular formula is C21H19ClN4O3S. The topological polar surface area (TPSA) is 78.1 Å². The number of hydrogen-bond donors (Lipinski definition) is 1. The number of nitrogens with one attached hydrogen (secondary N) is 1. The van der Waals surface area contributed by atoms with Crippen molar-refractivity contribution in [1.29, 1.82) is 0 Å². The lowest BCUT2D eigenvalue weighted by Gasteiger charge is -2.05. The molecule has 1 amide bonds. The number of nitrogens with zero attached hydrogens (tertiary/aromatic N) is 3. The second-order valence-electron chi connectivity index (χ2n) is 6.67. The molecule has 0 fully saturated rings. The Morgan fingerprint density at radius 2 is 2.00 bits per heavy atom. The third-order valence-electron chi connectivity index (χ3n) is 4.81. The Bertz CT molecular complexity index is 1290. The van der Waals surface area contributed by atoms with Gasteiger partial charge in [-0.1, -0.05) is 23.7 Å². The number of carbonyl (C=O) groups is 1. The number of amides is 1. The number of aryl methyl sites for hydroxylation is 2. The summed E-state index contributed by atoms with van der Waals surface area (Å²) in [6.07, 6.45) is 0.164. The Labute approximate surface area is 181 Å². The minimum atomic E-state index is -0.205. The van der Waals surface area contributed by atoms with Gasteiger partial charge in [-0.15, -0.1) is 11.3 Å². The minimum Gasteiger partial charge on any atom is -0.495 e. The van der Waals surface area contributed by atoms with E-state index in [0.717, 1.165) is 16.6 Å². The summed E-state index contributed by atoms with van der Waals surface area (Å²) in [7, 11) is 3.29. The normalized spacial score (nSPS) is 11.0. The van der Waals surface area contributed by atoms with E-state index >= 15 is 0 Å². The van der Waals surface area contributed by atoms with Gasteiger partial charge in [0.05, 0.1) is 28.9 Å². The number of ether oxygens (including phenoxy) is 1. The number of anilines is 1. The molecule has 30 heavy (non-hydrogen) atoms. The van der Waals surface area contributed by atoms with Crippen molar-refractivity contribution < 1.29 is 9.53 Å². The van der Waals surface area contributed by atoms with Crippen LogP contribution in [0.5, 0.6) is 5.75 Å². The molecule has 0 bridgehead atoms. The Morgan fingerprint density at radius 1 is 1.23 bits per heavy atom. The van der Waals surface area contributed by atoms with Gasteiger partial charge < -0.3 is 10.1 Å². The molecule has 0 aliphatic carbocycles. The molecule has 7 nitrogen and oxygen atoms in total. The number of carbonyl (C=O) groups excluding carboxylic acids is 1. The maximum Gasteiger partial charge on any atom is 0.328 e. The number of hydrogen-bond acceptors (Lipinski definition) is 5. The van der Waals surface area contributed by atoms with E-state index < -0.39 is 0 Å². The number of aromatic nitrogens is 3. The van der Waals surface area contributed by atoms with Gasteiger partial charge in [0.1, 0.15) is 5.75 Å². The summed E-state index contributed by atoms with van der Waals surface area (Å²) in [4.78, 5) is 29.3. The van der Waals surface area contributed by atoms with E-state index in [0.29, 0.717) is 28.1 Å². The quantitative estimate of drug-likeness (QED) is 0.486. The van der Waals surface area contributed by atoms with Gasteiger partial charge in [-0.2, -0.15) is 0 Å². The van der Waals surface area contributed by atoms with Crippen LogP contribution in [0.25, 0.3) is 22.3 Å². The molecule has 2 heterocycles. The summed E-state index contributed by atoms with van der Waals surface area (Å²) in [5.74, 6) is 0.386. The first-order valence-corrected chi connectivity index (χ1v) is 10.5. The van der Waals surface area contributed by atoms with Crippen LogP contribution in [0.15, 0.2) is 52.6 Å². The van der Waals surface area contributed by atoms with E-state index in [1.165, 1.54) is 11.3 Å². The summed E-state index contributed by atoms with van der Waals surface area (Å²) in [5, 5.41) is 5.64. The van der Waals surface area contributed by atoms with Crippen molar-refractivity contribution >= 4 is 45.0 Å². The molecule has 2 aromatic carbocycles. The highest BCUT2D eigenvalue weighted by Crippen LogP contribution is 2.31. The van der Waals surface area contributed by atoms with Gasteiger partial charge in [-0.3, -0.25) is 13.9 Å². The van der Waals surface area contributed by atoms with Crippen LogP contribution >= 0.6 is 22.9 Å². The number of halogens is 1. The number of methoxy groups -OCH3 is 1. The number of rotatable bonds is 6. The Morgan fingerprint density at radius 3 is 2.73 bits per heavy atom. The highest BCUT2D eigenvalue weighted by molar-refractivity contribution is 7.14. The van der Waals surface area contributed by atoms with Gasteiger partial charge in [-0.25, -0.2) is 9.78 Å². The molecule has 0 saturated carbocycles. The lowest BCUT2D eigenvalue weighted by Crippen LogP contribution is -2.24. The molecule has 4 aromatic rings. The molecule has 1 N–H and O–H groups in total. The van der Waals surface area contributed by atoms with E-state index in [-0.39, 0.29) is 18.0 Å². The Kier molecular flexibility index (Phi) is 5.61. The first kappa shape index (κ1) is 20.2. The number of fused-ring (bicyclic) bond motifs is 1. The molecule has 0 aliphatic heterocycles. The SMILES string of the molecule is COc1ccc(-c2csc(NC(=O)CCn3c(=O)n(C)c4ccccc43)n2)cc1Cl. The van der Waals surface area contributed by atoms with Crippen LogP contribution in [0.1, 0.15) is 6.42 Å².